The Labute approximate surface area is 220 Å². The van der Waals surface area contributed by atoms with Gasteiger partial charge in [-0.2, -0.15) is 0 Å². The molecule has 1 fully saturated rings. The minimum absolute atomic E-state index is 0.0538. The van der Waals surface area contributed by atoms with E-state index in [2.05, 4.69) is 0 Å². The number of allylic oxidation sites excluding steroid dienone is 3. The van der Waals surface area contributed by atoms with Gasteiger partial charge in [0.2, 0.25) is 11.8 Å². The molecule has 194 valence electrons. The average molecular weight is 525 g/mol. The lowest BCUT2D eigenvalue weighted by Gasteiger charge is -2.28. The summed E-state index contributed by atoms with van der Waals surface area (Å²) < 4.78 is 5.93. The van der Waals surface area contributed by atoms with E-state index in [1.54, 1.807) is 30.3 Å². The van der Waals surface area contributed by atoms with Crippen molar-refractivity contribution in [2.24, 2.45) is 0 Å². The lowest BCUT2D eigenvalue weighted by atomic mass is 9.79. The van der Waals surface area contributed by atoms with Crippen molar-refractivity contribution in [1.29, 1.82) is 0 Å². The number of carbonyl (C=O) groups excluding carboxylic acids is 3. The van der Waals surface area contributed by atoms with Gasteiger partial charge in [-0.05, 0) is 61.4 Å². The summed E-state index contributed by atoms with van der Waals surface area (Å²) in [5.41, 5.74) is -0.651. The van der Waals surface area contributed by atoms with Gasteiger partial charge in [0.05, 0.1) is 13.0 Å². The largest absolute Gasteiger partial charge is 0.480 e. The van der Waals surface area contributed by atoms with Crippen LogP contribution in [-0.4, -0.2) is 47.7 Å². The molecule has 2 aromatic rings. The molecule has 0 bridgehead atoms. The van der Waals surface area contributed by atoms with E-state index in [0.717, 1.165) is 11.3 Å². The Morgan fingerprint density at radius 1 is 1.24 bits per heavy atom. The quantitative estimate of drug-likeness (QED) is 0.152. The van der Waals surface area contributed by atoms with Crippen LogP contribution in [0.5, 0.6) is 5.75 Å². The van der Waals surface area contributed by atoms with E-state index in [1.807, 2.05) is 32.1 Å². The summed E-state index contributed by atoms with van der Waals surface area (Å²) >= 11 is 6.19. The van der Waals surface area contributed by atoms with Crippen molar-refractivity contribution >= 4 is 41.4 Å². The first-order valence-electron chi connectivity index (χ1n) is 11.8. The highest BCUT2D eigenvalue weighted by atomic mass is 35.5. The minimum Gasteiger partial charge on any atom is -0.480 e. The van der Waals surface area contributed by atoms with Gasteiger partial charge in [-0.25, -0.2) is 0 Å². The topological polar surface area (TPSA) is 104 Å². The van der Waals surface area contributed by atoms with Crippen molar-refractivity contribution in [3.05, 3.63) is 82.6 Å². The Morgan fingerprint density at radius 3 is 2.65 bits per heavy atom. The molecule has 0 aliphatic carbocycles. The second kappa shape index (κ2) is 11.9. The summed E-state index contributed by atoms with van der Waals surface area (Å²) in [5.74, 6) is -1.08. The fourth-order valence-corrected chi connectivity index (χ4v) is 4.48. The molecule has 0 radical (unpaired) electrons. The Hall–Kier alpha value is -3.91. The highest BCUT2D eigenvalue weighted by Gasteiger charge is 2.54. The molecule has 0 saturated carbocycles. The Kier molecular flexibility index (Phi) is 8.89. The van der Waals surface area contributed by atoms with Gasteiger partial charge in [-0.1, -0.05) is 36.7 Å². The molecule has 1 saturated heterocycles. The number of likely N-dealkylation sites (tertiary alicyclic amines) is 1. The summed E-state index contributed by atoms with van der Waals surface area (Å²) in [5, 5.41) is 9.48. The molecule has 0 aromatic heterocycles. The molecular formula is C28H29ClN2O6. The van der Waals surface area contributed by atoms with E-state index >= 15 is 0 Å². The molecule has 1 aliphatic rings. The van der Waals surface area contributed by atoms with Crippen LogP contribution < -0.4 is 9.64 Å². The van der Waals surface area contributed by atoms with Crippen LogP contribution in [0, 0.1) is 0 Å². The predicted molar refractivity (Wildman–Crippen MR) is 141 cm³/mol. The molecule has 2 aromatic carbocycles. The molecule has 1 aliphatic heterocycles. The van der Waals surface area contributed by atoms with Crippen LogP contribution in [0.2, 0.25) is 5.02 Å². The molecule has 37 heavy (non-hydrogen) atoms. The number of carboxylic acids is 1. The van der Waals surface area contributed by atoms with E-state index < -0.39 is 23.2 Å². The standard InChI is InChI=1S/C28H29ClN2O6/c1-4-7-21(8-5-2)37-22-10-6-9-19(13-22)16-31-25(33)15-28(18-32,27(31)36)23-14-20(29)11-12-24(23)30(3)17-26(34)35/h4,6-14,18H,5,15-17H2,1-3H3,(H,34,35)/b7-4-,21-8+. The number of nitrogens with zero attached hydrogens (tertiary/aromatic N) is 2. The molecule has 1 N–H and O–H groups in total. The summed E-state index contributed by atoms with van der Waals surface area (Å²) in [6.07, 6.45) is 6.50. The van der Waals surface area contributed by atoms with E-state index in [1.165, 1.54) is 24.1 Å². The Balaban J connectivity index is 1.94. The number of benzene rings is 2. The molecule has 2 amide bonds. The van der Waals surface area contributed by atoms with Crippen LogP contribution in [0.15, 0.2) is 66.5 Å². The van der Waals surface area contributed by atoms with Gasteiger partial charge < -0.3 is 19.5 Å². The molecule has 3 rings (SSSR count). The number of amides is 2. The summed E-state index contributed by atoms with van der Waals surface area (Å²) in [4.78, 5) is 52.9. The van der Waals surface area contributed by atoms with Gasteiger partial charge in [0.15, 0.2) is 0 Å². The summed E-state index contributed by atoms with van der Waals surface area (Å²) in [6.45, 7) is 3.46. The number of hydrogen-bond acceptors (Lipinski definition) is 6. The molecule has 8 nitrogen and oxygen atoms in total. The van der Waals surface area contributed by atoms with Crippen LogP contribution in [0.25, 0.3) is 0 Å². The number of imide groups is 1. The van der Waals surface area contributed by atoms with Crippen LogP contribution in [0.3, 0.4) is 0 Å². The maximum absolute atomic E-state index is 13.7. The second-order valence-corrected chi connectivity index (χ2v) is 9.16. The van der Waals surface area contributed by atoms with Gasteiger partial charge >= 0.3 is 5.97 Å². The van der Waals surface area contributed by atoms with E-state index in [-0.39, 0.29) is 30.1 Å². The summed E-state index contributed by atoms with van der Waals surface area (Å²) in [6, 6.07) is 11.6. The van der Waals surface area contributed by atoms with Crippen LogP contribution >= 0.6 is 11.6 Å². The van der Waals surface area contributed by atoms with Gasteiger partial charge in [-0.15, -0.1) is 0 Å². The number of hydrogen-bond donors (Lipinski definition) is 1. The zero-order valence-electron chi connectivity index (χ0n) is 20.9. The highest BCUT2D eigenvalue weighted by molar-refractivity contribution is 6.31. The maximum Gasteiger partial charge on any atom is 0.323 e. The molecule has 0 spiro atoms. The first-order valence-corrected chi connectivity index (χ1v) is 12.2. The normalized spacial score (nSPS) is 17.9. The van der Waals surface area contributed by atoms with Crippen LogP contribution in [0.1, 0.15) is 37.8 Å². The van der Waals surface area contributed by atoms with Crippen molar-refractivity contribution in [2.75, 3.05) is 18.5 Å². The number of aldehydes is 1. The molecule has 9 heteroatoms. The van der Waals surface area contributed by atoms with Gasteiger partial charge in [-0.3, -0.25) is 19.3 Å². The van der Waals surface area contributed by atoms with Crippen molar-refractivity contribution in [2.45, 2.75) is 38.6 Å². The number of carboxylic acid groups (broad SMARTS) is 1. The molecule has 1 atom stereocenters. The zero-order chi connectivity index (χ0) is 27.2. The van der Waals surface area contributed by atoms with E-state index in [0.29, 0.717) is 29.0 Å². The van der Waals surface area contributed by atoms with Crippen molar-refractivity contribution in [3.63, 3.8) is 0 Å². The zero-order valence-corrected chi connectivity index (χ0v) is 21.7. The highest BCUT2D eigenvalue weighted by Crippen LogP contribution is 2.41. The SMILES string of the molecule is C/C=C\C(=C/CC)Oc1cccc(CN2C(=O)CC(C=O)(c3cc(Cl)ccc3N(C)CC(=O)O)C2=O)c1. The number of likely N-dealkylation sites (N-methyl/N-ethyl adjacent to an activating group) is 1. The maximum atomic E-state index is 13.7. The van der Waals surface area contributed by atoms with E-state index in [9.17, 15) is 24.3 Å². The first kappa shape index (κ1) is 27.7. The lowest BCUT2D eigenvalue weighted by Crippen LogP contribution is -2.41. The Bertz CT molecular complexity index is 1270. The van der Waals surface area contributed by atoms with Gasteiger partial charge in [0.25, 0.3) is 0 Å². The smallest absolute Gasteiger partial charge is 0.323 e. The third kappa shape index (κ3) is 6.09. The molecular weight excluding hydrogens is 496 g/mol. The van der Waals surface area contributed by atoms with Gasteiger partial charge in [0, 0.05) is 23.3 Å². The van der Waals surface area contributed by atoms with Crippen molar-refractivity contribution in [3.8, 4) is 5.75 Å². The number of ether oxygens (including phenoxy) is 1. The number of anilines is 1. The number of rotatable bonds is 11. The molecule has 1 heterocycles. The fraction of sp³-hybridized carbons (Fsp3) is 0.286. The number of carbonyl (C=O) groups is 4. The molecule has 1 unspecified atom stereocenters. The van der Waals surface area contributed by atoms with Crippen molar-refractivity contribution < 1.29 is 29.0 Å². The van der Waals surface area contributed by atoms with Crippen molar-refractivity contribution in [1.82, 2.24) is 4.90 Å². The second-order valence-electron chi connectivity index (χ2n) is 8.73. The third-order valence-electron chi connectivity index (χ3n) is 5.99. The monoisotopic (exact) mass is 524 g/mol. The van der Waals surface area contributed by atoms with Crippen LogP contribution in [-0.2, 0) is 31.1 Å². The minimum atomic E-state index is -1.82. The number of aliphatic carboxylic acids is 1. The first-order chi connectivity index (χ1) is 17.6. The fourth-order valence-electron chi connectivity index (χ4n) is 4.31. The third-order valence-corrected chi connectivity index (χ3v) is 6.23. The predicted octanol–water partition coefficient (Wildman–Crippen LogP) is 4.51. The van der Waals surface area contributed by atoms with Gasteiger partial charge in [0.1, 0.15) is 29.8 Å². The van der Waals surface area contributed by atoms with E-state index in [4.69, 9.17) is 16.3 Å². The Morgan fingerprint density at radius 2 is 2.00 bits per heavy atom. The average Bonchev–Trinajstić information content (AvgIpc) is 3.09. The summed E-state index contributed by atoms with van der Waals surface area (Å²) in [7, 11) is 1.53. The lowest BCUT2D eigenvalue weighted by molar-refractivity contribution is -0.141. The van der Waals surface area contributed by atoms with Crippen LogP contribution in [0.4, 0.5) is 5.69 Å². The number of halogens is 1.